The third-order valence-corrected chi connectivity index (χ3v) is 8.31. The summed E-state index contributed by atoms with van der Waals surface area (Å²) in [5, 5.41) is 11.8. The lowest BCUT2D eigenvalue weighted by Gasteiger charge is -2.29. The van der Waals surface area contributed by atoms with Crippen molar-refractivity contribution in [3.63, 3.8) is 0 Å². The second kappa shape index (κ2) is 14.3. The van der Waals surface area contributed by atoms with Crippen molar-refractivity contribution in [3.05, 3.63) is 30.0 Å². The zero-order valence-electron chi connectivity index (χ0n) is 24.6. The molecule has 11 heteroatoms. The predicted octanol–water partition coefficient (Wildman–Crippen LogP) is 2.86. The van der Waals surface area contributed by atoms with Gasteiger partial charge in [-0.3, -0.25) is 19.2 Å². The molecule has 1 saturated heterocycles. The van der Waals surface area contributed by atoms with Gasteiger partial charge >= 0.3 is 0 Å². The fourth-order valence-electron chi connectivity index (χ4n) is 5.91. The van der Waals surface area contributed by atoms with E-state index in [4.69, 9.17) is 9.15 Å². The van der Waals surface area contributed by atoms with E-state index in [0.717, 1.165) is 32.1 Å². The van der Waals surface area contributed by atoms with E-state index in [0.29, 0.717) is 42.4 Å². The number of methoxy groups -OCH3 is 1. The van der Waals surface area contributed by atoms with Crippen LogP contribution >= 0.6 is 0 Å². The Balaban J connectivity index is 1.47. The molecule has 2 aromatic rings. The maximum Gasteiger partial charge on any atom is 0.287 e. The van der Waals surface area contributed by atoms with Crippen molar-refractivity contribution in [1.29, 1.82) is 0 Å². The lowest BCUT2D eigenvalue weighted by Crippen LogP contribution is -2.57. The fraction of sp³-hybridized carbons (Fsp3) is 0.581. The van der Waals surface area contributed by atoms with Gasteiger partial charge in [-0.1, -0.05) is 58.1 Å². The van der Waals surface area contributed by atoms with E-state index in [2.05, 4.69) is 21.3 Å². The molecule has 1 aromatic heterocycles. The molecule has 4 N–H and O–H groups in total. The second-order valence-corrected chi connectivity index (χ2v) is 11.7. The Hall–Kier alpha value is -3.89. The standard InChI is InChI=1S/C31H42N4O7/c1-18(2)26(35-30(39)25-16-20-10-7-11-24(41-3)27(20)42-25)31(40)34-23(14-19-8-5-4-6-9-19)29(38)33-22(17-36)15-21-12-13-32-28(21)37/h7,10-11,16-19,21-23,26H,4-6,8-9,12-15H2,1-3H3,(H,32,37)(H,33,38)(H,34,40)(H,35,39)/t21-,22-,23-,26-/m0/s1. The summed E-state index contributed by atoms with van der Waals surface area (Å²) in [5.74, 6) is -1.52. The van der Waals surface area contributed by atoms with Crippen LogP contribution in [0.3, 0.4) is 0 Å². The zero-order valence-corrected chi connectivity index (χ0v) is 24.6. The Kier molecular flexibility index (Phi) is 10.6. The Morgan fingerprint density at radius 1 is 1.05 bits per heavy atom. The molecular formula is C31H42N4O7. The summed E-state index contributed by atoms with van der Waals surface area (Å²) in [6.07, 6.45) is 7.06. The minimum Gasteiger partial charge on any atom is -0.493 e. The molecule has 1 aliphatic carbocycles. The summed E-state index contributed by atoms with van der Waals surface area (Å²) in [7, 11) is 1.51. The SMILES string of the molecule is COc1cccc2cc(C(=O)N[C@H](C(=O)N[C@@H](CC3CCCCC3)C(=O)N[C@H](C=O)C[C@@H]3CCNC3=O)C(C)C)oc12. The molecule has 0 spiro atoms. The van der Waals surface area contributed by atoms with Crippen molar-refractivity contribution in [2.24, 2.45) is 17.8 Å². The third kappa shape index (κ3) is 7.68. The van der Waals surface area contributed by atoms with Crippen LogP contribution in [0.2, 0.25) is 0 Å². The lowest BCUT2D eigenvalue weighted by molar-refractivity contribution is -0.132. The topological polar surface area (TPSA) is 156 Å². The van der Waals surface area contributed by atoms with Crippen LogP contribution < -0.4 is 26.0 Å². The average molecular weight is 583 g/mol. The molecule has 228 valence electrons. The first-order chi connectivity index (χ1) is 20.2. The molecule has 1 aliphatic heterocycles. The van der Waals surface area contributed by atoms with E-state index >= 15 is 0 Å². The van der Waals surface area contributed by atoms with Crippen molar-refractivity contribution in [3.8, 4) is 5.75 Å². The first-order valence-electron chi connectivity index (χ1n) is 14.9. The van der Waals surface area contributed by atoms with E-state index < -0.39 is 35.8 Å². The van der Waals surface area contributed by atoms with Crippen molar-refractivity contribution in [2.75, 3.05) is 13.7 Å². The van der Waals surface area contributed by atoms with Crippen LogP contribution in [0.5, 0.6) is 5.75 Å². The number of para-hydroxylation sites is 1. The molecule has 2 fully saturated rings. The quantitative estimate of drug-likeness (QED) is 0.265. The molecule has 4 amide bonds. The van der Waals surface area contributed by atoms with Crippen LogP contribution in [-0.2, 0) is 19.2 Å². The van der Waals surface area contributed by atoms with E-state index in [-0.39, 0.29) is 35.8 Å². The lowest BCUT2D eigenvalue weighted by atomic mass is 9.84. The van der Waals surface area contributed by atoms with Gasteiger partial charge in [0.2, 0.25) is 17.7 Å². The van der Waals surface area contributed by atoms with Crippen LogP contribution in [0.25, 0.3) is 11.0 Å². The number of fused-ring (bicyclic) bond motifs is 1. The van der Waals surface area contributed by atoms with Gasteiger partial charge in [-0.15, -0.1) is 0 Å². The van der Waals surface area contributed by atoms with Crippen LogP contribution in [0.1, 0.15) is 75.8 Å². The van der Waals surface area contributed by atoms with E-state index in [1.807, 2.05) is 0 Å². The molecule has 1 saturated carbocycles. The van der Waals surface area contributed by atoms with Crippen molar-refractivity contribution in [1.82, 2.24) is 21.3 Å². The highest BCUT2D eigenvalue weighted by molar-refractivity contribution is 6.00. The van der Waals surface area contributed by atoms with Crippen LogP contribution in [0, 0.1) is 17.8 Å². The maximum atomic E-state index is 13.6. The summed E-state index contributed by atoms with van der Waals surface area (Å²) >= 11 is 0. The first kappa shape index (κ1) is 31.1. The molecule has 2 aliphatic rings. The highest BCUT2D eigenvalue weighted by Crippen LogP contribution is 2.29. The number of hydrogen-bond donors (Lipinski definition) is 4. The number of nitrogens with one attached hydrogen (secondary N) is 4. The predicted molar refractivity (Wildman–Crippen MR) is 156 cm³/mol. The molecule has 11 nitrogen and oxygen atoms in total. The van der Waals surface area contributed by atoms with Crippen LogP contribution in [0.4, 0.5) is 0 Å². The summed E-state index contributed by atoms with van der Waals surface area (Å²) < 4.78 is 11.1. The van der Waals surface area contributed by atoms with Gasteiger partial charge in [0.25, 0.3) is 5.91 Å². The highest BCUT2D eigenvalue weighted by Gasteiger charge is 2.34. The van der Waals surface area contributed by atoms with Crippen molar-refractivity contribution >= 4 is 40.9 Å². The zero-order chi connectivity index (χ0) is 30.2. The van der Waals surface area contributed by atoms with Gasteiger partial charge < -0.3 is 35.2 Å². The normalized spacial score (nSPS) is 19.5. The number of benzene rings is 1. The van der Waals surface area contributed by atoms with E-state index in [1.165, 1.54) is 7.11 Å². The third-order valence-electron chi connectivity index (χ3n) is 8.31. The van der Waals surface area contributed by atoms with E-state index in [1.54, 1.807) is 38.1 Å². The number of ether oxygens (including phenoxy) is 1. The van der Waals surface area contributed by atoms with Crippen molar-refractivity contribution in [2.45, 2.75) is 83.3 Å². The van der Waals surface area contributed by atoms with Gasteiger partial charge in [-0.25, -0.2) is 0 Å². The number of amides is 4. The number of hydrogen-bond acceptors (Lipinski definition) is 7. The Morgan fingerprint density at radius 3 is 2.45 bits per heavy atom. The number of carbonyl (C=O) groups excluding carboxylic acids is 5. The average Bonchev–Trinajstić information content (AvgIpc) is 3.61. The Morgan fingerprint density at radius 2 is 1.81 bits per heavy atom. The van der Waals surface area contributed by atoms with Gasteiger partial charge in [0.15, 0.2) is 17.1 Å². The van der Waals surface area contributed by atoms with Gasteiger partial charge in [-0.05, 0) is 43.2 Å². The summed E-state index contributed by atoms with van der Waals surface area (Å²) in [4.78, 5) is 64.1. The molecule has 4 rings (SSSR count). The molecule has 2 heterocycles. The largest absolute Gasteiger partial charge is 0.493 e. The first-order valence-corrected chi connectivity index (χ1v) is 14.9. The summed E-state index contributed by atoms with van der Waals surface area (Å²) in [6, 6.07) is 4.22. The minimum atomic E-state index is -0.946. The molecule has 4 atom stereocenters. The summed E-state index contributed by atoms with van der Waals surface area (Å²) in [6.45, 7) is 4.15. The Labute approximate surface area is 245 Å². The van der Waals surface area contributed by atoms with Gasteiger partial charge in [0, 0.05) is 17.8 Å². The molecule has 0 radical (unpaired) electrons. The van der Waals surface area contributed by atoms with Gasteiger partial charge in [-0.2, -0.15) is 0 Å². The number of furan rings is 1. The molecule has 0 bridgehead atoms. The number of carbonyl (C=O) groups is 5. The molecule has 42 heavy (non-hydrogen) atoms. The van der Waals surface area contributed by atoms with Crippen LogP contribution in [-0.4, -0.2) is 61.7 Å². The van der Waals surface area contributed by atoms with E-state index in [9.17, 15) is 24.0 Å². The molecule has 1 aromatic carbocycles. The number of rotatable bonds is 13. The monoisotopic (exact) mass is 582 g/mol. The Bertz CT molecular complexity index is 1280. The highest BCUT2D eigenvalue weighted by atomic mass is 16.5. The maximum absolute atomic E-state index is 13.6. The second-order valence-electron chi connectivity index (χ2n) is 11.7. The van der Waals surface area contributed by atoms with Crippen LogP contribution in [0.15, 0.2) is 28.7 Å². The molecule has 0 unspecified atom stereocenters. The number of aldehydes is 1. The summed E-state index contributed by atoms with van der Waals surface area (Å²) in [5.41, 5.74) is 0.430. The minimum absolute atomic E-state index is 0.0363. The fourth-order valence-corrected chi connectivity index (χ4v) is 5.91. The molecular weight excluding hydrogens is 540 g/mol. The smallest absolute Gasteiger partial charge is 0.287 e. The van der Waals surface area contributed by atoms with Crippen molar-refractivity contribution < 1.29 is 33.1 Å². The van der Waals surface area contributed by atoms with Gasteiger partial charge in [0.1, 0.15) is 18.4 Å². The van der Waals surface area contributed by atoms with Gasteiger partial charge in [0.05, 0.1) is 13.2 Å².